The number of benzene rings is 2. The molecule has 0 spiro atoms. The van der Waals surface area contributed by atoms with Gasteiger partial charge >= 0.3 is 5.69 Å². The Morgan fingerprint density at radius 2 is 1.84 bits per heavy atom. The molecule has 31 heavy (non-hydrogen) atoms. The van der Waals surface area contributed by atoms with Crippen LogP contribution < -0.4 is 5.32 Å². The number of anilines is 1. The predicted molar refractivity (Wildman–Crippen MR) is 125 cm³/mol. The molecule has 1 saturated carbocycles. The van der Waals surface area contributed by atoms with Crippen LogP contribution in [-0.4, -0.2) is 21.0 Å². The maximum atomic E-state index is 12.2. The SMILES string of the molecule is CC(C)CNc1cccc(-c2nc(-c3ccccc3)cn2C2CCCCC2)c1[N+](=O)[O-]. The Morgan fingerprint density at radius 1 is 1.10 bits per heavy atom. The average Bonchev–Trinajstić information content (AvgIpc) is 3.24. The Hall–Kier alpha value is -3.15. The minimum absolute atomic E-state index is 0.102. The number of hydrogen-bond acceptors (Lipinski definition) is 4. The lowest BCUT2D eigenvalue weighted by Gasteiger charge is -2.24. The van der Waals surface area contributed by atoms with Crippen molar-refractivity contribution in [3.8, 4) is 22.6 Å². The summed E-state index contributed by atoms with van der Waals surface area (Å²) in [5.41, 5.74) is 3.11. The fourth-order valence-electron chi connectivity index (χ4n) is 4.36. The number of nitrogens with zero attached hydrogens (tertiary/aromatic N) is 3. The standard InChI is InChI=1S/C25H30N4O2/c1-18(2)16-26-22-15-9-14-21(24(22)29(30)31)25-27-23(19-10-5-3-6-11-19)17-28(25)20-12-7-4-8-13-20/h3,5-6,9-11,14-15,17-18,20,26H,4,7-8,12-13,16H2,1-2H3. The van der Waals surface area contributed by atoms with Gasteiger partial charge in [0.05, 0.1) is 16.2 Å². The highest BCUT2D eigenvalue weighted by atomic mass is 16.6. The van der Waals surface area contributed by atoms with Gasteiger partial charge in [-0.25, -0.2) is 4.98 Å². The van der Waals surface area contributed by atoms with Gasteiger partial charge in [-0.3, -0.25) is 10.1 Å². The third kappa shape index (κ3) is 4.63. The first kappa shape index (κ1) is 21.1. The van der Waals surface area contributed by atoms with Crippen LogP contribution in [0, 0.1) is 16.0 Å². The molecule has 1 fully saturated rings. The molecule has 1 aliphatic rings. The van der Waals surface area contributed by atoms with Crippen LogP contribution >= 0.6 is 0 Å². The van der Waals surface area contributed by atoms with Crippen molar-refractivity contribution in [2.75, 3.05) is 11.9 Å². The van der Waals surface area contributed by atoms with Crippen molar-refractivity contribution >= 4 is 11.4 Å². The summed E-state index contributed by atoms with van der Waals surface area (Å²) < 4.78 is 2.19. The molecule has 0 unspecified atom stereocenters. The van der Waals surface area contributed by atoms with Gasteiger partial charge in [-0.2, -0.15) is 0 Å². The molecule has 4 rings (SSSR count). The van der Waals surface area contributed by atoms with E-state index in [1.165, 1.54) is 19.3 Å². The van der Waals surface area contributed by atoms with E-state index in [0.717, 1.165) is 24.1 Å². The van der Waals surface area contributed by atoms with Crippen LogP contribution in [0.1, 0.15) is 52.0 Å². The van der Waals surface area contributed by atoms with E-state index in [1.54, 1.807) is 6.07 Å². The summed E-state index contributed by atoms with van der Waals surface area (Å²) in [5.74, 6) is 1.07. The molecule has 6 heteroatoms. The van der Waals surface area contributed by atoms with Gasteiger partial charge in [-0.15, -0.1) is 0 Å². The zero-order chi connectivity index (χ0) is 21.8. The monoisotopic (exact) mass is 418 g/mol. The van der Waals surface area contributed by atoms with Crippen LogP contribution in [-0.2, 0) is 0 Å². The molecule has 3 aromatic rings. The number of imidazole rings is 1. The number of nitro groups is 1. The van der Waals surface area contributed by atoms with Gasteiger partial charge in [0, 0.05) is 24.3 Å². The summed E-state index contributed by atoms with van der Waals surface area (Å²) in [7, 11) is 0. The van der Waals surface area contributed by atoms with Crippen molar-refractivity contribution in [1.29, 1.82) is 0 Å². The molecule has 1 aliphatic carbocycles. The maximum absolute atomic E-state index is 12.2. The first-order chi connectivity index (χ1) is 15.0. The molecule has 0 bridgehead atoms. The second kappa shape index (κ2) is 9.33. The van der Waals surface area contributed by atoms with Gasteiger partial charge in [-0.1, -0.05) is 69.5 Å². The van der Waals surface area contributed by atoms with Crippen molar-refractivity contribution in [2.45, 2.75) is 52.0 Å². The van der Waals surface area contributed by atoms with Crippen LogP contribution in [0.25, 0.3) is 22.6 Å². The third-order valence-electron chi connectivity index (χ3n) is 5.93. The molecule has 6 nitrogen and oxygen atoms in total. The second-order valence-electron chi connectivity index (χ2n) is 8.75. The van der Waals surface area contributed by atoms with Crippen molar-refractivity contribution in [2.24, 2.45) is 5.92 Å². The highest BCUT2D eigenvalue weighted by Crippen LogP contribution is 2.40. The van der Waals surface area contributed by atoms with Gasteiger partial charge in [0.25, 0.3) is 0 Å². The molecular formula is C25H30N4O2. The molecule has 0 saturated heterocycles. The first-order valence-corrected chi connectivity index (χ1v) is 11.2. The van der Waals surface area contributed by atoms with E-state index in [9.17, 15) is 10.1 Å². The van der Waals surface area contributed by atoms with Gasteiger partial charge in [0.1, 0.15) is 11.5 Å². The molecule has 1 aromatic heterocycles. The Morgan fingerprint density at radius 3 is 2.52 bits per heavy atom. The number of para-hydroxylation sites is 1. The van der Waals surface area contributed by atoms with Gasteiger partial charge in [0.15, 0.2) is 0 Å². The van der Waals surface area contributed by atoms with Gasteiger partial charge in [0.2, 0.25) is 0 Å². The summed E-state index contributed by atoms with van der Waals surface area (Å²) in [6.07, 6.45) is 7.86. The molecule has 0 radical (unpaired) electrons. The smallest absolute Gasteiger partial charge is 0.303 e. The zero-order valence-electron chi connectivity index (χ0n) is 18.3. The predicted octanol–water partition coefficient (Wildman–Crippen LogP) is 6.70. The molecule has 1 N–H and O–H groups in total. The van der Waals surface area contributed by atoms with E-state index in [0.29, 0.717) is 35.6 Å². The van der Waals surface area contributed by atoms with Crippen LogP contribution in [0.2, 0.25) is 0 Å². The Labute approximate surface area is 183 Å². The zero-order valence-corrected chi connectivity index (χ0v) is 18.3. The van der Waals surface area contributed by atoms with E-state index in [2.05, 4.69) is 29.9 Å². The van der Waals surface area contributed by atoms with Crippen LogP contribution in [0.15, 0.2) is 54.7 Å². The summed E-state index contributed by atoms with van der Waals surface area (Å²) in [5, 5.41) is 15.4. The minimum Gasteiger partial charge on any atom is -0.379 e. The second-order valence-corrected chi connectivity index (χ2v) is 8.75. The van der Waals surface area contributed by atoms with Crippen LogP contribution in [0.5, 0.6) is 0 Å². The van der Waals surface area contributed by atoms with Crippen LogP contribution in [0.3, 0.4) is 0 Å². The Bertz CT molecular complexity index is 1040. The summed E-state index contributed by atoms with van der Waals surface area (Å²) >= 11 is 0. The number of aromatic nitrogens is 2. The number of nitrogens with one attached hydrogen (secondary N) is 1. The number of rotatable bonds is 7. The van der Waals surface area contributed by atoms with Crippen molar-refractivity contribution in [3.05, 3.63) is 64.8 Å². The highest BCUT2D eigenvalue weighted by molar-refractivity contribution is 5.80. The van der Waals surface area contributed by atoms with Crippen molar-refractivity contribution in [1.82, 2.24) is 9.55 Å². The average molecular weight is 419 g/mol. The fourth-order valence-corrected chi connectivity index (χ4v) is 4.36. The largest absolute Gasteiger partial charge is 0.379 e. The Kier molecular flexibility index (Phi) is 6.35. The van der Waals surface area contributed by atoms with E-state index in [4.69, 9.17) is 4.98 Å². The molecule has 2 aromatic carbocycles. The normalized spacial score (nSPS) is 14.7. The fraction of sp³-hybridized carbons (Fsp3) is 0.400. The molecule has 162 valence electrons. The van der Waals surface area contributed by atoms with E-state index in [1.807, 2.05) is 42.5 Å². The Balaban J connectivity index is 1.85. The molecule has 0 atom stereocenters. The van der Waals surface area contributed by atoms with Crippen molar-refractivity contribution in [3.63, 3.8) is 0 Å². The quantitative estimate of drug-likeness (QED) is 0.342. The number of hydrogen-bond donors (Lipinski definition) is 1. The summed E-state index contributed by atoms with van der Waals surface area (Å²) in [6, 6.07) is 15.9. The first-order valence-electron chi connectivity index (χ1n) is 11.2. The van der Waals surface area contributed by atoms with Gasteiger partial charge < -0.3 is 9.88 Å². The lowest BCUT2D eigenvalue weighted by molar-refractivity contribution is -0.383. The highest BCUT2D eigenvalue weighted by Gasteiger charge is 2.27. The number of nitro benzene ring substituents is 1. The molecule has 0 aliphatic heterocycles. The van der Waals surface area contributed by atoms with Gasteiger partial charge in [-0.05, 0) is 30.9 Å². The summed E-state index contributed by atoms with van der Waals surface area (Å²) in [4.78, 5) is 16.8. The van der Waals surface area contributed by atoms with E-state index < -0.39 is 0 Å². The summed E-state index contributed by atoms with van der Waals surface area (Å²) in [6.45, 7) is 4.85. The third-order valence-corrected chi connectivity index (χ3v) is 5.93. The maximum Gasteiger partial charge on any atom is 0.303 e. The molecule has 0 amide bonds. The van der Waals surface area contributed by atoms with E-state index in [-0.39, 0.29) is 10.6 Å². The minimum atomic E-state index is -0.278. The topological polar surface area (TPSA) is 73.0 Å². The molecule has 1 heterocycles. The van der Waals surface area contributed by atoms with Crippen molar-refractivity contribution < 1.29 is 4.92 Å². The lowest BCUT2D eigenvalue weighted by Crippen LogP contribution is -2.14. The van der Waals surface area contributed by atoms with Crippen LogP contribution in [0.4, 0.5) is 11.4 Å². The lowest BCUT2D eigenvalue weighted by atomic mass is 9.95. The van der Waals surface area contributed by atoms with E-state index >= 15 is 0 Å². The molecular weight excluding hydrogens is 388 g/mol.